The van der Waals surface area contributed by atoms with Gasteiger partial charge in [0, 0.05) is 29.6 Å². The first-order chi connectivity index (χ1) is 14.2. The molecule has 1 saturated heterocycles. The summed E-state index contributed by atoms with van der Waals surface area (Å²) in [6.45, 7) is 1.45. The fraction of sp³-hybridized carbons (Fsp3) is 0.304. The molecule has 1 aliphatic heterocycles. The average Bonchev–Trinajstić information content (AvgIpc) is 3.12. The third-order valence-electron chi connectivity index (χ3n) is 5.49. The minimum Gasteiger partial charge on any atom is -0.496 e. The molecule has 29 heavy (non-hydrogen) atoms. The first-order valence-corrected chi connectivity index (χ1v) is 10.3. The number of nitrogens with zero attached hydrogens (tertiary/aromatic N) is 2. The number of ether oxygens (including phenoxy) is 1. The Kier molecular flexibility index (Phi) is 5.86. The van der Waals surface area contributed by atoms with Crippen molar-refractivity contribution in [2.75, 3.05) is 20.2 Å². The number of rotatable bonds is 4. The van der Waals surface area contributed by atoms with E-state index in [0.29, 0.717) is 23.9 Å². The van der Waals surface area contributed by atoms with Crippen LogP contribution in [0.15, 0.2) is 54.6 Å². The van der Waals surface area contributed by atoms with Gasteiger partial charge in [0.2, 0.25) is 0 Å². The maximum Gasteiger partial charge on any atom is 0.271 e. The number of benzene rings is 2. The summed E-state index contributed by atoms with van der Waals surface area (Å²) in [7, 11) is 1.63. The number of carbonyl (C=O) groups is 1. The molecule has 0 saturated carbocycles. The van der Waals surface area contributed by atoms with Crippen molar-refractivity contribution in [3.63, 3.8) is 0 Å². The van der Waals surface area contributed by atoms with Crippen molar-refractivity contribution in [3.8, 4) is 17.0 Å². The van der Waals surface area contributed by atoms with E-state index < -0.39 is 0 Å². The van der Waals surface area contributed by atoms with Crippen molar-refractivity contribution >= 4 is 17.5 Å². The highest BCUT2D eigenvalue weighted by atomic mass is 35.5. The zero-order valence-electron chi connectivity index (χ0n) is 16.4. The van der Waals surface area contributed by atoms with E-state index in [1.807, 2.05) is 47.4 Å². The summed E-state index contributed by atoms with van der Waals surface area (Å²) in [4.78, 5) is 15.1. The summed E-state index contributed by atoms with van der Waals surface area (Å²) in [6.07, 6.45) is 3.18. The van der Waals surface area contributed by atoms with Gasteiger partial charge in [-0.3, -0.25) is 9.89 Å². The highest BCUT2D eigenvalue weighted by Gasteiger charge is 2.25. The molecule has 1 unspecified atom stereocenters. The van der Waals surface area contributed by atoms with E-state index in [4.69, 9.17) is 16.3 Å². The second-order valence-corrected chi connectivity index (χ2v) is 7.80. The number of carbonyl (C=O) groups excluding carboxylic acids is 1. The fourth-order valence-corrected chi connectivity index (χ4v) is 4.06. The molecule has 2 heterocycles. The average molecular weight is 410 g/mol. The largest absolute Gasteiger partial charge is 0.496 e. The summed E-state index contributed by atoms with van der Waals surface area (Å²) < 4.78 is 5.42. The number of amides is 1. The normalized spacial score (nSPS) is 17.0. The number of hydrogen-bond donors (Lipinski definition) is 1. The third-order valence-corrected chi connectivity index (χ3v) is 5.74. The van der Waals surface area contributed by atoms with Gasteiger partial charge in [0.05, 0.1) is 12.8 Å². The highest BCUT2D eigenvalue weighted by molar-refractivity contribution is 6.30. The lowest BCUT2D eigenvalue weighted by molar-refractivity contribution is 0.0748. The van der Waals surface area contributed by atoms with Crippen LogP contribution < -0.4 is 4.74 Å². The monoisotopic (exact) mass is 409 g/mol. The summed E-state index contributed by atoms with van der Waals surface area (Å²) in [5, 5.41) is 8.01. The standard InChI is InChI=1S/C23H24ClN3O2/c1-29-22-8-3-2-7-19(22)20-14-21(26-25-20)23(28)27-13-5-4-6-17(15-27)16-9-11-18(24)12-10-16/h2-3,7-12,14,17H,4-6,13,15H2,1H3,(H,25,26). The number of halogens is 1. The molecule has 3 aromatic rings. The lowest BCUT2D eigenvalue weighted by Gasteiger charge is -2.24. The Morgan fingerprint density at radius 1 is 1.17 bits per heavy atom. The van der Waals surface area contributed by atoms with Gasteiger partial charge in [0.15, 0.2) is 0 Å². The zero-order valence-corrected chi connectivity index (χ0v) is 17.2. The molecule has 1 fully saturated rings. The van der Waals surface area contributed by atoms with Gasteiger partial charge < -0.3 is 9.64 Å². The van der Waals surface area contributed by atoms with Gasteiger partial charge in [-0.15, -0.1) is 0 Å². The van der Waals surface area contributed by atoms with Gasteiger partial charge in [0.25, 0.3) is 5.91 Å². The lowest BCUT2D eigenvalue weighted by atomic mass is 9.94. The van der Waals surface area contributed by atoms with Crippen LogP contribution in [0.1, 0.15) is 41.2 Å². The SMILES string of the molecule is COc1ccccc1-c1cc(C(=O)N2CCCCC(c3ccc(Cl)cc3)C2)[nH]n1. The van der Waals surface area contributed by atoms with E-state index in [2.05, 4.69) is 22.3 Å². The smallest absolute Gasteiger partial charge is 0.271 e. The van der Waals surface area contributed by atoms with Gasteiger partial charge in [-0.1, -0.05) is 42.3 Å². The van der Waals surface area contributed by atoms with Crippen molar-refractivity contribution in [1.82, 2.24) is 15.1 Å². The predicted molar refractivity (Wildman–Crippen MR) is 115 cm³/mol. The Morgan fingerprint density at radius 3 is 2.76 bits per heavy atom. The van der Waals surface area contributed by atoms with Gasteiger partial charge in [-0.2, -0.15) is 5.10 Å². The number of hydrogen-bond acceptors (Lipinski definition) is 3. The van der Waals surface area contributed by atoms with Crippen molar-refractivity contribution in [1.29, 1.82) is 0 Å². The van der Waals surface area contributed by atoms with Gasteiger partial charge in [-0.25, -0.2) is 0 Å². The summed E-state index contributed by atoms with van der Waals surface area (Å²) >= 11 is 6.03. The summed E-state index contributed by atoms with van der Waals surface area (Å²) in [6, 6.07) is 17.4. The van der Waals surface area contributed by atoms with Crippen LogP contribution in [0.4, 0.5) is 0 Å². The molecule has 0 bridgehead atoms. The van der Waals surface area contributed by atoms with E-state index >= 15 is 0 Å². The van der Waals surface area contributed by atoms with Crippen LogP contribution in [0, 0.1) is 0 Å². The van der Waals surface area contributed by atoms with Crippen molar-refractivity contribution in [2.24, 2.45) is 0 Å². The molecule has 1 N–H and O–H groups in total. The van der Waals surface area contributed by atoms with Gasteiger partial charge >= 0.3 is 0 Å². The molecule has 1 aliphatic rings. The van der Waals surface area contributed by atoms with E-state index in [1.54, 1.807) is 7.11 Å². The third kappa shape index (κ3) is 4.30. The molecule has 1 atom stereocenters. The highest BCUT2D eigenvalue weighted by Crippen LogP contribution is 2.30. The Morgan fingerprint density at radius 2 is 1.97 bits per heavy atom. The number of para-hydroxylation sites is 1. The molecular weight excluding hydrogens is 386 g/mol. The van der Waals surface area contributed by atoms with E-state index in [1.165, 1.54) is 5.56 Å². The molecule has 2 aromatic carbocycles. The number of nitrogens with one attached hydrogen (secondary N) is 1. The van der Waals surface area contributed by atoms with Gasteiger partial charge in [-0.05, 0) is 48.7 Å². The molecule has 1 aromatic heterocycles. The molecule has 1 amide bonds. The first kappa shape index (κ1) is 19.5. The number of H-pyrrole nitrogens is 1. The zero-order chi connectivity index (χ0) is 20.2. The number of aromatic amines is 1. The maximum absolute atomic E-state index is 13.2. The summed E-state index contributed by atoms with van der Waals surface area (Å²) in [5.41, 5.74) is 3.30. The Bertz CT molecular complexity index is 984. The molecule has 0 aliphatic carbocycles. The maximum atomic E-state index is 13.2. The van der Waals surface area contributed by atoms with Crippen LogP contribution in [0.2, 0.25) is 5.02 Å². The van der Waals surface area contributed by atoms with E-state index in [0.717, 1.165) is 42.1 Å². The van der Waals surface area contributed by atoms with E-state index in [9.17, 15) is 4.79 Å². The van der Waals surface area contributed by atoms with Gasteiger partial charge in [0.1, 0.15) is 11.4 Å². The lowest BCUT2D eigenvalue weighted by Crippen LogP contribution is -2.34. The van der Waals surface area contributed by atoms with Crippen LogP contribution in [0.3, 0.4) is 0 Å². The van der Waals surface area contributed by atoms with Crippen LogP contribution >= 0.6 is 11.6 Å². The van der Waals surface area contributed by atoms with Crippen LogP contribution in [0.25, 0.3) is 11.3 Å². The Labute approximate surface area is 175 Å². The number of methoxy groups -OCH3 is 1. The quantitative estimate of drug-likeness (QED) is 0.648. The molecule has 4 rings (SSSR count). The Hall–Kier alpha value is -2.79. The molecule has 0 spiro atoms. The number of likely N-dealkylation sites (tertiary alicyclic amines) is 1. The first-order valence-electron chi connectivity index (χ1n) is 9.89. The molecule has 0 radical (unpaired) electrons. The van der Waals surface area contributed by atoms with Crippen LogP contribution in [-0.4, -0.2) is 41.2 Å². The van der Waals surface area contributed by atoms with E-state index in [-0.39, 0.29) is 5.91 Å². The second-order valence-electron chi connectivity index (χ2n) is 7.36. The van der Waals surface area contributed by atoms with Crippen LogP contribution in [-0.2, 0) is 0 Å². The second kappa shape index (κ2) is 8.70. The molecule has 5 nitrogen and oxygen atoms in total. The molecule has 6 heteroatoms. The topological polar surface area (TPSA) is 58.2 Å². The summed E-state index contributed by atoms with van der Waals surface area (Å²) in [5.74, 6) is 1.03. The number of aromatic nitrogens is 2. The van der Waals surface area contributed by atoms with Crippen molar-refractivity contribution < 1.29 is 9.53 Å². The van der Waals surface area contributed by atoms with Crippen LogP contribution in [0.5, 0.6) is 5.75 Å². The van der Waals surface area contributed by atoms with Crippen molar-refractivity contribution in [3.05, 3.63) is 70.9 Å². The fourth-order valence-electron chi connectivity index (χ4n) is 3.93. The Balaban J connectivity index is 1.54. The minimum absolute atomic E-state index is 0.0143. The van der Waals surface area contributed by atoms with Crippen molar-refractivity contribution in [2.45, 2.75) is 25.2 Å². The predicted octanol–water partition coefficient (Wildman–Crippen LogP) is 5.15. The molecular formula is C23H24ClN3O2. The minimum atomic E-state index is -0.0143. The molecule has 150 valence electrons.